The van der Waals surface area contributed by atoms with Crippen LogP contribution in [-0.2, 0) is 38.3 Å². The lowest BCUT2D eigenvalue weighted by Gasteiger charge is -2.46. The largest absolute Gasteiger partial charge is 0.490 e. The fraction of sp³-hybridized carbons (Fsp3) is 0.537. The van der Waals surface area contributed by atoms with Gasteiger partial charge in [-0.25, -0.2) is 4.21 Å². The highest BCUT2D eigenvalue weighted by molar-refractivity contribution is 7.92. The number of halogens is 1. The van der Waals surface area contributed by atoms with Gasteiger partial charge in [0.15, 0.2) is 0 Å². The van der Waals surface area contributed by atoms with Crippen molar-refractivity contribution in [2.24, 2.45) is 29.2 Å². The lowest BCUT2D eigenvalue weighted by atomic mass is 9.68. The molecule has 1 fully saturated rings. The van der Waals surface area contributed by atoms with Gasteiger partial charge in [-0.2, -0.15) is 0 Å². The second-order valence-electron chi connectivity index (χ2n) is 15.5. The number of anilines is 1. The zero-order valence-corrected chi connectivity index (χ0v) is 33.9. The first-order valence-corrected chi connectivity index (χ1v) is 21.3. The Hall–Kier alpha value is -3.91. The Kier molecular flexibility index (Phi) is 11.6. The molecule has 296 valence electrons. The average Bonchev–Trinajstić information content (AvgIpc) is 3.47. The van der Waals surface area contributed by atoms with Crippen molar-refractivity contribution in [2.45, 2.75) is 70.0 Å². The molecule has 7 atom stereocenters. The molecule has 14 heteroatoms. The van der Waals surface area contributed by atoms with Crippen molar-refractivity contribution < 1.29 is 32.7 Å². The molecule has 7 rings (SSSR count). The van der Waals surface area contributed by atoms with Gasteiger partial charge in [-0.05, 0) is 91.8 Å². The second-order valence-corrected chi connectivity index (χ2v) is 18.0. The first-order valence-electron chi connectivity index (χ1n) is 19.3. The number of hydrogen-bond donors (Lipinski definition) is 1. The Balaban J connectivity index is 1.33. The Morgan fingerprint density at radius 3 is 2.71 bits per heavy atom. The molecule has 0 radical (unpaired) electrons. The molecule has 0 saturated heterocycles. The lowest BCUT2D eigenvalue weighted by Crippen LogP contribution is -2.49. The number of carbonyl (C=O) groups excluding carboxylic acids is 2. The molecule has 2 amide bonds. The number of carbonyl (C=O) groups is 2. The topological polar surface area (TPSA) is 134 Å². The number of methoxy groups -OCH3 is 2. The monoisotopic (exact) mass is 793 g/mol. The zero-order chi connectivity index (χ0) is 38.9. The van der Waals surface area contributed by atoms with Crippen LogP contribution in [0.3, 0.4) is 0 Å². The maximum Gasteiger partial charge on any atom is 0.286 e. The minimum atomic E-state index is -3.73. The van der Waals surface area contributed by atoms with Crippen LogP contribution in [0.2, 0.25) is 5.02 Å². The van der Waals surface area contributed by atoms with Gasteiger partial charge < -0.3 is 23.8 Å². The molecule has 1 spiro atoms. The van der Waals surface area contributed by atoms with Gasteiger partial charge >= 0.3 is 0 Å². The van der Waals surface area contributed by atoms with E-state index in [1.54, 1.807) is 26.3 Å². The fourth-order valence-electron chi connectivity index (χ4n) is 8.78. The van der Waals surface area contributed by atoms with Gasteiger partial charge in [0.1, 0.15) is 21.2 Å². The van der Waals surface area contributed by atoms with E-state index >= 15 is 0 Å². The molecule has 3 heterocycles. The number of rotatable bonds is 7. The molecule has 3 aromatic rings. The fourth-order valence-corrected chi connectivity index (χ4v) is 10.9. The number of nitrogens with zero attached hydrogens (tertiary/aromatic N) is 4. The van der Waals surface area contributed by atoms with E-state index in [2.05, 4.69) is 37.3 Å². The van der Waals surface area contributed by atoms with Crippen molar-refractivity contribution in [1.29, 1.82) is 0 Å². The Morgan fingerprint density at radius 1 is 1.15 bits per heavy atom. The molecule has 2 aromatic carbocycles. The molecule has 1 aromatic heterocycles. The van der Waals surface area contributed by atoms with E-state index in [1.165, 1.54) is 29.1 Å². The van der Waals surface area contributed by atoms with Crippen LogP contribution in [0.25, 0.3) is 0 Å². The van der Waals surface area contributed by atoms with E-state index in [0.29, 0.717) is 31.4 Å². The van der Waals surface area contributed by atoms with E-state index in [-0.39, 0.29) is 40.2 Å². The molecule has 2 bridgehead atoms. The van der Waals surface area contributed by atoms with Gasteiger partial charge in [-0.1, -0.05) is 43.7 Å². The molecular weight excluding hydrogens is 742 g/mol. The summed E-state index contributed by atoms with van der Waals surface area (Å²) in [6.07, 6.45) is 10.7. The quantitative estimate of drug-likeness (QED) is 0.265. The number of hydrogen-bond acceptors (Lipinski definition) is 9. The van der Waals surface area contributed by atoms with Gasteiger partial charge in [0.05, 0.1) is 37.4 Å². The maximum absolute atomic E-state index is 14.9. The zero-order valence-electron chi connectivity index (χ0n) is 32.3. The van der Waals surface area contributed by atoms with Crippen LogP contribution in [0.15, 0.2) is 59.1 Å². The highest BCUT2D eigenvalue weighted by Crippen LogP contribution is 2.47. The first-order chi connectivity index (χ1) is 26.4. The summed E-state index contributed by atoms with van der Waals surface area (Å²) in [6.45, 7) is 6.29. The van der Waals surface area contributed by atoms with Crippen LogP contribution in [-0.4, -0.2) is 84.3 Å². The van der Waals surface area contributed by atoms with E-state index < -0.39 is 33.8 Å². The molecule has 1 unspecified atom stereocenters. The summed E-state index contributed by atoms with van der Waals surface area (Å²) in [4.78, 5) is 30.3. The van der Waals surface area contributed by atoms with Crippen LogP contribution >= 0.6 is 11.6 Å². The van der Waals surface area contributed by atoms with E-state index in [4.69, 9.17) is 30.5 Å². The van der Waals surface area contributed by atoms with Crippen LogP contribution in [0.5, 0.6) is 11.6 Å². The predicted molar refractivity (Wildman–Crippen MR) is 213 cm³/mol. The summed E-state index contributed by atoms with van der Waals surface area (Å²) < 4.78 is 47.7. The number of amides is 2. The van der Waals surface area contributed by atoms with Crippen molar-refractivity contribution in [3.63, 3.8) is 0 Å². The van der Waals surface area contributed by atoms with Gasteiger partial charge in [-0.3, -0.25) is 19.0 Å². The number of fused-ring (bicyclic) bond motifs is 4. The summed E-state index contributed by atoms with van der Waals surface area (Å²) >= 11 is 6.48. The first kappa shape index (κ1) is 39.3. The highest BCUT2D eigenvalue weighted by atomic mass is 35.5. The minimum Gasteiger partial charge on any atom is -0.490 e. The van der Waals surface area contributed by atoms with Crippen LogP contribution in [0.1, 0.15) is 77.8 Å². The summed E-state index contributed by atoms with van der Waals surface area (Å²) in [5.41, 5.74) is 3.32. The number of benzene rings is 2. The molecular formula is C41H52ClN5O7S. The van der Waals surface area contributed by atoms with Gasteiger partial charge in [0.2, 0.25) is 5.88 Å². The van der Waals surface area contributed by atoms with E-state index in [1.807, 2.05) is 32.1 Å². The Labute approximate surface area is 329 Å². The Morgan fingerprint density at radius 2 is 1.96 bits per heavy atom. The third-order valence-corrected chi connectivity index (χ3v) is 13.9. The van der Waals surface area contributed by atoms with Crippen molar-refractivity contribution in [3.05, 3.63) is 82.0 Å². The minimum absolute atomic E-state index is 0.0647. The number of aryl methyl sites for hydroxylation is 2. The molecule has 1 saturated carbocycles. The molecule has 2 aliphatic carbocycles. The van der Waals surface area contributed by atoms with Gasteiger partial charge in [0, 0.05) is 62.0 Å². The van der Waals surface area contributed by atoms with Crippen LogP contribution in [0.4, 0.5) is 5.69 Å². The van der Waals surface area contributed by atoms with Crippen molar-refractivity contribution in [3.8, 4) is 11.6 Å². The Bertz CT molecular complexity index is 2080. The molecule has 4 aliphatic rings. The number of aromatic nitrogens is 2. The van der Waals surface area contributed by atoms with E-state index in [0.717, 1.165) is 55.8 Å². The SMILES string of the molecule is CCCO[C@H]1/C=C/[C@H](OC)[C@@H]2CC[C@H]2CN2C[C@@]3(CCCc4cc(Cl)ccc43)COc3ccc(cc32)C(=O)N=S(=O)(NC(=O)c2cn(C)nc2OC)C[C@H]1C. The lowest BCUT2D eigenvalue weighted by molar-refractivity contribution is 0.0109. The van der Waals surface area contributed by atoms with Gasteiger partial charge in [0.25, 0.3) is 11.8 Å². The molecule has 12 nitrogen and oxygen atoms in total. The second kappa shape index (κ2) is 16.3. The normalized spacial score (nSPS) is 29.8. The van der Waals surface area contributed by atoms with Crippen molar-refractivity contribution in [2.75, 3.05) is 51.2 Å². The van der Waals surface area contributed by atoms with Crippen LogP contribution < -0.4 is 19.1 Å². The smallest absolute Gasteiger partial charge is 0.286 e. The highest BCUT2D eigenvalue weighted by Gasteiger charge is 2.44. The number of ether oxygens (including phenoxy) is 4. The van der Waals surface area contributed by atoms with Crippen molar-refractivity contribution in [1.82, 2.24) is 14.5 Å². The summed E-state index contributed by atoms with van der Waals surface area (Å²) in [6, 6.07) is 11.5. The number of nitrogens with one attached hydrogen (secondary N) is 1. The van der Waals surface area contributed by atoms with Gasteiger partial charge in [-0.15, -0.1) is 9.46 Å². The summed E-state index contributed by atoms with van der Waals surface area (Å²) in [5, 5.41) is 4.90. The van der Waals surface area contributed by atoms with Crippen LogP contribution in [0, 0.1) is 17.8 Å². The summed E-state index contributed by atoms with van der Waals surface area (Å²) in [5.74, 6) is -0.654. The molecule has 55 heavy (non-hydrogen) atoms. The standard InChI is InChI=1S/C41H52ClN5O7S/c1-6-18-53-35-15-16-36(51-4)31-12-9-29(31)21-47-24-41(17-7-8-27-19-30(42)11-13-33(27)41)25-54-37-14-10-28(20-34(37)47)38(48)44-55(50,23-26(35)2)45-39(49)32-22-46(3)43-40(32)52-5/h10-11,13-16,19-20,22,26,29,31,35-36H,6-9,12,17-18,21,23-25H2,1-5H3,(H,44,45,48,49,50)/b16-15+/t26-,29+,31-,35+,36+,41+,55?/m1/s1. The molecule has 1 N–H and O–H groups in total. The maximum atomic E-state index is 14.9. The average molecular weight is 794 g/mol. The molecule has 2 aliphatic heterocycles. The van der Waals surface area contributed by atoms with E-state index in [9.17, 15) is 13.8 Å². The predicted octanol–water partition coefficient (Wildman–Crippen LogP) is 6.55. The summed E-state index contributed by atoms with van der Waals surface area (Å²) in [7, 11) is 1.06. The third-order valence-electron chi connectivity index (χ3n) is 11.7. The van der Waals surface area contributed by atoms with Crippen molar-refractivity contribution >= 4 is 39.0 Å². The third kappa shape index (κ3) is 8.17.